The van der Waals surface area contributed by atoms with Crippen LogP contribution in [0, 0.1) is 6.92 Å². The van der Waals surface area contributed by atoms with Gasteiger partial charge in [0.05, 0.1) is 12.8 Å². The summed E-state index contributed by atoms with van der Waals surface area (Å²) in [6.07, 6.45) is -0.666. The molecule has 3 rings (SSSR count). The van der Waals surface area contributed by atoms with Crippen molar-refractivity contribution >= 4 is 28.8 Å². The molecule has 1 saturated carbocycles. The third kappa shape index (κ3) is 5.39. The van der Waals surface area contributed by atoms with Gasteiger partial charge in [-0.3, -0.25) is 14.5 Å². The Hall–Kier alpha value is -2.55. The Bertz CT molecular complexity index is 923. The van der Waals surface area contributed by atoms with E-state index >= 15 is 0 Å². The van der Waals surface area contributed by atoms with Crippen molar-refractivity contribution in [2.45, 2.75) is 57.3 Å². The number of aryl methyl sites for hydroxylation is 1. The van der Waals surface area contributed by atoms with Gasteiger partial charge in [-0.2, -0.15) is 13.2 Å². The minimum atomic E-state index is -5.17. The normalized spacial score (nSPS) is 15.9. The predicted octanol–water partition coefficient (Wildman–Crippen LogP) is 5.15. The average Bonchev–Trinajstić information content (AvgIpc) is 3.17. The molecule has 1 aliphatic carbocycles. The highest BCUT2D eigenvalue weighted by molar-refractivity contribution is 7.12. The number of thiophene rings is 1. The van der Waals surface area contributed by atoms with Gasteiger partial charge in [0.25, 0.3) is 0 Å². The van der Waals surface area contributed by atoms with Crippen LogP contribution in [0.25, 0.3) is 0 Å². The molecule has 2 amide bonds. The molecule has 9 heteroatoms. The highest BCUT2D eigenvalue weighted by Gasteiger charge is 2.48. The van der Waals surface area contributed by atoms with Gasteiger partial charge in [-0.05, 0) is 44.0 Å². The number of hydrogen-bond donors (Lipinski definition) is 1. The number of carbonyl (C=O) groups excluding carboxylic acids is 2. The van der Waals surface area contributed by atoms with Crippen LogP contribution in [0.3, 0.4) is 0 Å². The Kier molecular flexibility index (Phi) is 7.25. The Balaban J connectivity index is 2.10. The summed E-state index contributed by atoms with van der Waals surface area (Å²) in [6.45, 7) is 1.79. The maximum Gasteiger partial charge on any atom is 0.471 e. The van der Waals surface area contributed by atoms with Gasteiger partial charge in [0.15, 0.2) is 6.04 Å². The van der Waals surface area contributed by atoms with Crippen molar-refractivity contribution in [3.8, 4) is 5.75 Å². The fourth-order valence-corrected chi connectivity index (χ4v) is 4.80. The molecule has 2 aromatic rings. The molecule has 5 nitrogen and oxygen atoms in total. The third-order valence-corrected chi connectivity index (χ3v) is 6.35. The molecule has 0 unspecified atom stereocenters. The number of ether oxygens (including phenoxy) is 1. The van der Waals surface area contributed by atoms with Crippen molar-refractivity contribution in [3.63, 3.8) is 0 Å². The van der Waals surface area contributed by atoms with Crippen molar-refractivity contribution in [2.75, 3.05) is 12.0 Å². The van der Waals surface area contributed by atoms with Crippen LogP contribution in [0.1, 0.15) is 47.9 Å². The summed E-state index contributed by atoms with van der Waals surface area (Å²) in [7, 11) is 1.31. The summed E-state index contributed by atoms with van der Waals surface area (Å²) >= 11 is 1.19. The molecule has 0 saturated heterocycles. The summed E-state index contributed by atoms with van der Waals surface area (Å²) in [5.41, 5.74) is -0.109. The lowest BCUT2D eigenvalue weighted by Gasteiger charge is -2.33. The summed E-state index contributed by atoms with van der Waals surface area (Å²) in [5.74, 6) is -2.67. The first-order valence-corrected chi connectivity index (χ1v) is 10.9. The lowest BCUT2D eigenvalue weighted by Crippen LogP contribution is -2.50. The molecule has 1 heterocycles. The summed E-state index contributed by atoms with van der Waals surface area (Å²) < 4.78 is 46.2. The van der Waals surface area contributed by atoms with Crippen molar-refractivity contribution in [1.29, 1.82) is 0 Å². The second kappa shape index (κ2) is 9.72. The number of alkyl halides is 3. The Morgan fingerprint density at radius 3 is 2.39 bits per heavy atom. The molecule has 0 radical (unpaired) electrons. The lowest BCUT2D eigenvalue weighted by molar-refractivity contribution is -0.171. The number of anilines is 1. The van der Waals surface area contributed by atoms with E-state index < -0.39 is 24.0 Å². The van der Waals surface area contributed by atoms with Gasteiger partial charge in [0.2, 0.25) is 5.91 Å². The maximum absolute atomic E-state index is 13.7. The van der Waals surface area contributed by atoms with E-state index in [4.69, 9.17) is 4.74 Å². The zero-order chi connectivity index (χ0) is 22.6. The maximum atomic E-state index is 13.7. The van der Waals surface area contributed by atoms with E-state index in [1.807, 2.05) is 0 Å². The number of nitrogens with one attached hydrogen (secondary N) is 1. The molecular weight excluding hydrogens is 429 g/mol. The first-order chi connectivity index (χ1) is 14.7. The van der Waals surface area contributed by atoms with E-state index in [0.717, 1.165) is 37.0 Å². The summed E-state index contributed by atoms with van der Waals surface area (Å²) in [4.78, 5) is 27.7. The van der Waals surface area contributed by atoms with Gasteiger partial charge in [-0.1, -0.05) is 31.4 Å². The van der Waals surface area contributed by atoms with Crippen molar-refractivity contribution in [3.05, 3.63) is 46.2 Å². The van der Waals surface area contributed by atoms with E-state index in [1.54, 1.807) is 25.1 Å². The van der Waals surface area contributed by atoms with Gasteiger partial charge in [0, 0.05) is 15.8 Å². The number of halogens is 3. The van der Waals surface area contributed by atoms with Crippen molar-refractivity contribution < 1.29 is 27.5 Å². The lowest BCUT2D eigenvalue weighted by atomic mass is 9.95. The van der Waals surface area contributed by atoms with Gasteiger partial charge in [-0.25, -0.2) is 0 Å². The number of para-hydroxylation sites is 2. The number of hydrogen-bond acceptors (Lipinski definition) is 4. The number of carbonyl (C=O) groups is 2. The summed E-state index contributed by atoms with van der Waals surface area (Å²) in [6, 6.07) is 7.63. The molecule has 1 aliphatic rings. The van der Waals surface area contributed by atoms with Crippen molar-refractivity contribution in [2.24, 2.45) is 0 Å². The number of nitrogens with zero attached hydrogens (tertiary/aromatic N) is 1. The standard InChI is InChI=1S/C22H25F3N2O3S/c1-14-12-13-18(31-14)19(20(28)26-15-8-4-3-5-9-15)27(21(29)22(23,24)25)16-10-6-7-11-17(16)30-2/h6-7,10-13,15,19H,3-5,8-9H2,1-2H3,(H,26,28)/t19-/m1/s1. The number of rotatable bonds is 6. The van der Waals surface area contributed by atoms with Crippen LogP contribution in [0.5, 0.6) is 5.75 Å². The predicted molar refractivity (Wildman–Crippen MR) is 113 cm³/mol. The molecule has 1 atom stereocenters. The molecule has 0 bridgehead atoms. The van der Waals surface area contributed by atoms with Crippen LogP contribution >= 0.6 is 11.3 Å². The summed E-state index contributed by atoms with van der Waals surface area (Å²) in [5, 5.41) is 2.89. The minimum absolute atomic E-state index is 0.0730. The SMILES string of the molecule is COc1ccccc1N(C(=O)C(F)(F)F)[C@@H](C(=O)NC1CCCCC1)c1ccc(C)s1. The molecule has 31 heavy (non-hydrogen) atoms. The molecule has 1 aromatic heterocycles. The molecule has 168 valence electrons. The zero-order valence-corrected chi connectivity index (χ0v) is 18.2. The largest absolute Gasteiger partial charge is 0.495 e. The highest BCUT2D eigenvalue weighted by atomic mass is 32.1. The number of methoxy groups -OCH3 is 1. The monoisotopic (exact) mass is 454 g/mol. The average molecular weight is 455 g/mol. The van der Waals surface area contributed by atoms with Crippen LogP contribution in [-0.2, 0) is 9.59 Å². The first-order valence-electron chi connectivity index (χ1n) is 10.1. The Morgan fingerprint density at radius 1 is 1.13 bits per heavy atom. The highest BCUT2D eigenvalue weighted by Crippen LogP contribution is 2.39. The fourth-order valence-electron chi connectivity index (χ4n) is 3.83. The third-order valence-electron chi connectivity index (χ3n) is 5.29. The first kappa shape index (κ1) is 23.1. The van der Waals surface area contributed by atoms with Crippen LogP contribution in [-0.4, -0.2) is 31.1 Å². The van der Waals surface area contributed by atoms with Gasteiger partial charge >= 0.3 is 12.1 Å². The van der Waals surface area contributed by atoms with Crippen LogP contribution in [0.4, 0.5) is 18.9 Å². The van der Waals surface area contributed by atoms with Gasteiger partial charge < -0.3 is 10.1 Å². The molecule has 1 aromatic carbocycles. The zero-order valence-electron chi connectivity index (χ0n) is 17.4. The second-order valence-electron chi connectivity index (χ2n) is 7.54. The quantitative estimate of drug-likeness (QED) is 0.657. The van der Waals surface area contributed by atoms with Crippen LogP contribution < -0.4 is 15.0 Å². The van der Waals surface area contributed by atoms with E-state index in [-0.39, 0.29) is 17.5 Å². The number of amides is 2. The second-order valence-corrected chi connectivity index (χ2v) is 8.86. The van der Waals surface area contributed by atoms with Crippen LogP contribution in [0.2, 0.25) is 0 Å². The Morgan fingerprint density at radius 2 is 1.81 bits per heavy atom. The molecular formula is C22H25F3N2O3S. The smallest absolute Gasteiger partial charge is 0.471 e. The number of benzene rings is 1. The molecule has 1 N–H and O–H groups in total. The topological polar surface area (TPSA) is 58.6 Å². The Labute approximate surface area is 183 Å². The van der Waals surface area contributed by atoms with Crippen LogP contribution in [0.15, 0.2) is 36.4 Å². The van der Waals surface area contributed by atoms with Gasteiger partial charge in [0.1, 0.15) is 5.75 Å². The molecule has 0 aliphatic heterocycles. The molecule has 0 spiro atoms. The van der Waals surface area contributed by atoms with E-state index in [9.17, 15) is 22.8 Å². The molecule has 1 fully saturated rings. The van der Waals surface area contributed by atoms with Crippen molar-refractivity contribution in [1.82, 2.24) is 5.32 Å². The van der Waals surface area contributed by atoms with E-state index in [2.05, 4.69) is 5.32 Å². The minimum Gasteiger partial charge on any atom is -0.495 e. The van der Waals surface area contributed by atoms with Gasteiger partial charge in [-0.15, -0.1) is 11.3 Å². The fraction of sp³-hybridized carbons (Fsp3) is 0.455. The van der Waals surface area contributed by atoms with E-state index in [0.29, 0.717) is 9.78 Å². The van der Waals surface area contributed by atoms with E-state index in [1.165, 1.54) is 36.6 Å².